The second-order valence-corrected chi connectivity index (χ2v) is 6.57. The first-order valence-electron chi connectivity index (χ1n) is 8.84. The van der Waals surface area contributed by atoms with E-state index in [4.69, 9.17) is 4.52 Å². The first-order chi connectivity index (χ1) is 14.1. The molecule has 3 aromatic rings. The second kappa shape index (κ2) is 8.60. The monoisotopic (exact) mass is 425 g/mol. The first kappa shape index (κ1) is 21.4. The highest BCUT2D eigenvalue weighted by molar-refractivity contribution is 5.76. The van der Waals surface area contributed by atoms with E-state index in [-0.39, 0.29) is 35.9 Å². The van der Waals surface area contributed by atoms with E-state index in [9.17, 15) is 26.7 Å². The number of carbonyl (C=O) groups is 1. The van der Waals surface area contributed by atoms with Crippen LogP contribution in [0.5, 0.6) is 0 Å². The lowest BCUT2D eigenvalue weighted by Crippen LogP contribution is -2.38. The van der Waals surface area contributed by atoms with E-state index < -0.39 is 23.9 Å². The maximum Gasteiger partial charge on any atom is 0.412 e. The maximum absolute atomic E-state index is 13.4. The summed E-state index contributed by atoms with van der Waals surface area (Å²) in [4.78, 5) is 16.1. The fourth-order valence-corrected chi connectivity index (χ4v) is 2.72. The largest absolute Gasteiger partial charge is 0.412 e. The van der Waals surface area contributed by atoms with Crippen LogP contribution in [0.25, 0.3) is 11.4 Å². The number of alkyl halides is 3. The van der Waals surface area contributed by atoms with E-state index in [1.807, 2.05) is 5.32 Å². The molecule has 1 aromatic heterocycles. The Bertz CT molecular complexity index is 1030. The van der Waals surface area contributed by atoms with Crippen molar-refractivity contribution in [3.8, 4) is 11.4 Å². The molecule has 5 nitrogen and oxygen atoms in total. The van der Waals surface area contributed by atoms with Crippen LogP contribution in [0.15, 0.2) is 47.0 Å². The summed E-state index contributed by atoms with van der Waals surface area (Å²) in [5.74, 6) is -1.74. The predicted molar refractivity (Wildman–Crippen MR) is 96.1 cm³/mol. The van der Waals surface area contributed by atoms with Crippen molar-refractivity contribution in [1.29, 1.82) is 0 Å². The summed E-state index contributed by atoms with van der Waals surface area (Å²) < 4.78 is 71.3. The summed E-state index contributed by atoms with van der Waals surface area (Å²) in [5.41, 5.74) is 0.600. The van der Waals surface area contributed by atoms with Crippen LogP contribution in [0.1, 0.15) is 29.5 Å². The zero-order chi connectivity index (χ0) is 21.9. The van der Waals surface area contributed by atoms with Crippen LogP contribution in [0.3, 0.4) is 0 Å². The molecule has 0 radical (unpaired) electrons. The molecule has 0 aliphatic carbocycles. The van der Waals surface area contributed by atoms with E-state index >= 15 is 0 Å². The van der Waals surface area contributed by atoms with Gasteiger partial charge in [-0.15, -0.1) is 0 Å². The third-order valence-corrected chi connectivity index (χ3v) is 4.29. The fourth-order valence-electron chi connectivity index (χ4n) is 2.72. The standard InChI is InChI=1S/C20H16F5N3O2/c1-11-10-13(4-7-15(11)22)19-27-17(30-28-19)9-8-16(29)26-18(20(23,24)25)12-2-5-14(21)6-3-12/h2-7,10,18H,8-9H2,1H3,(H,26,29). The van der Waals surface area contributed by atoms with Gasteiger partial charge in [0, 0.05) is 18.4 Å². The van der Waals surface area contributed by atoms with E-state index in [1.165, 1.54) is 18.2 Å². The lowest BCUT2D eigenvalue weighted by atomic mass is 10.1. The van der Waals surface area contributed by atoms with Gasteiger partial charge in [0.2, 0.25) is 17.6 Å². The van der Waals surface area contributed by atoms with Gasteiger partial charge in [0.1, 0.15) is 11.6 Å². The van der Waals surface area contributed by atoms with Gasteiger partial charge in [-0.1, -0.05) is 17.3 Å². The van der Waals surface area contributed by atoms with Crippen LogP contribution in [-0.4, -0.2) is 22.2 Å². The van der Waals surface area contributed by atoms with Gasteiger partial charge in [-0.25, -0.2) is 8.78 Å². The summed E-state index contributed by atoms with van der Waals surface area (Å²) in [6.45, 7) is 1.57. The highest BCUT2D eigenvalue weighted by Gasteiger charge is 2.41. The molecule has 1 heterocycles. The highest BCUT2D eigenvalue weighted by atomic mass is 19.4. The summed E-state index contributed by atoms with van der Waals surface area (Å²) in [6, 6.07) is 5.65. The van der Waals surface area contributed by atoms with Crippen molar-refractivity contribution >= 4 is 5.91 Å². The molecule has 158 valence electrons. The van der Waals surface area contributed by atoms with Gasteiger partial charge >= 0.3 is 6.18 Å². The van der Waals surface area contributed by atoms with Crippen molar-refractivity contribution in [2.24, 2.45) is 0 Å². The highest BCUT2D eigenvalue weighted by Crippen LogP contribution is 2.32. The molecule has 0 saturated carbocycles. The van der Waals surface area contributed by atoms with Crippen molar-refractivity contribution in [2.45, 2.75) is 32.0 Å². The molecule has 0 bridgehead atoms. The van der Waals surface area contributed by atoms with Crippen molar-refractivity contribution in [1.82, 2.24) is 15.5 Å². The van der Waals surface area contributed by atoms with Crippen LogP contribution in [0, 0.1) is 18.6 Å². The third kappa shape index (κ3) is 5.19. The fraction of sp³-hybridized carbons (Fsp3) is 0.250. The lowest BCUT2D eigenvalue weighted by Gasteiger charge is -2.22. The number of aryl methyl sites for hydroxylation is 2. The number of hydrogen-bond donors (Lipinski definition) is 1. The molecular weight excluding hydrogens is 409 g/mol. The minimum Gasteiger partial charge on any atom is -0.341 e. The molecule has 1 atom stereocenters. The van der Waals surface area contributed by atoms with Crippen molar-refractivity contribution < 1.29 is 31.3 Å². The molecule has 1 N–H and O–H groups in total. The molecule has 3 rings (SSSR count). The van der Waals surface area contributed by atoms with E-state index in [0.717, 1.165) is 24.3 Å². The minimum atomic E-state index is -4.76. The Labute approximate surface area is 167 Å². The quantitative estimate of drug-likeness (QED) is 0.583. The van der Waals surface area contributed by atoms with Crippen LogP contribution < -0.4 is 5.32 Å². The van der Waals surface area contributed by atoms with Gasteiger partial charge in [-0.05, 0) is 48.4 Å². The average Bonchev–Trinajstić information content (AvgIpc) is 3.16. The molecule has 0 saturated heterocycles. The Hall–Kier alpha value is -3.30. The number of hydrogen-bond acceptors (Lipinski definition) is 4. The third-order valence-electron chi connectivity index (χ3n) is 4.29. The molecule has 0 fully saturated rings. The minimum absolute atomic E-state index is 0.0486. The SMILES string of the molecule is Cc1cc(-c2noc(CCC(=O)NC(c3ccc(F)cc3)C(F)(F)F)n2)ccc1F. The second-order valence-electron chi connectivity index (χ2n) is 6.57. The molecule has 1 amide bonds. The molecule has 0 aliphatic rings. The number of aromatic nitrogens is 2. The normalized spacial score (nSPS) is 12.6. The van der Waals surface area contributed by atoms with Gasteiger partial charge in [-0.3, -0.25) is 4.79 Å². The Kier molecular flexibility index (Phi) is 6.14. The first-order valence-corrected chi connectivity index (χ1v) is 8.84. The van der Waals surface area contributed by atoms with Crippen molar-refractivity contribution in [3.63, 3.8) is 0 Å². The molecule has 30 heavy (non-hydrogen) atoms. The Balaban J connectivity index is 1.64. The number of carbonyl (C=O) groups excluding carboxylic acids is 1. The number of halogens is 5. The molecule has 2 aromatic carbocycles. The number of rotatable bonds is 6. The molecule has 1 unspecified atom stereocenters. The summed E-state index contributed by atoms with van der Waals surface area (Å²) in [5, 5.41) is 5.63. The van der Waals surface area contributed by atoms with Crippen LogP contribution >= 0.6 is 0 Å². The maximum atomic E-state index is 13.4. The van der Waals surface area contributed by atoms with Crippen molar-refractivity contribution in [3.05, 3.63) is 71.1 Å². The summed E-state index contributed by atoms with van der Waals surface area (Å²) >= 11 is 0. The summed E-state index contributed by atoms with van der Waals surface area (Å²) in [6.07, 6.45) is -5.18. The zero-order valence-electron chi connectivity index (χ0n) is 15.6. The molecule has 10 heteroatoms. The number of amides is 1. The molecule has 0 spiro atoms. The number of nitrogens with zero attached hydrogens (tertiary/aromatic N) is 2. The zero-order valence-corrected chi connectivity index (χ0v) is 15.6. The van der Waals surface area contributed by atoms with E-state index in [1.54, 1.807) is 6.92 Å². The smallest absolute Gasteiger partial charge is 0.341 e. The Morgan fingerprint density at radius 3 is 2.47 bits per heavy atom. The average molecular weight is 425 g/mol. The van der Waals surface area contributed by atoms with Crippen molar-refractivity contribution in [2.75, 3.05) is 0 Å². The number of nitrogens with one attached hydrogen (secondary N) is 1. The van der Waals surface area contributed by atoms with Gasteiger partial charge in [-0.2, -0.15) is 18.2 Å². The molecular formula is C20H16F5N3O2. The van der Waals surface area contributed by atoms with E-state index in [2.05, 4.69) is 10.1 Å². The summed E-state index contributed by atoms with van der Waals surface area (Å²) in [7, 11) is 0. The van der Waals surface area contributed by atoms with Gasteiger partial charge in [0.05, 0.1) is 0 Å². The van der Waals surface area contributed by atoms with E-state index in [0.29, 0.717) is 11.1 Å². The van der Waals surface area contributed by atoms with Crippen LogP contribution in [0.4, 0.5) is 22.0 Å². The van der Waals surface area contributed by atoms with Gasteiger partial charge in [0.25, 0.3) is 0 Å². The Morgan fingerprint density at radius 2 is 1.83 bits per heavy atom. The predicted octanol–water partition coefficient (Wildman–Crippen LogP) is 4.68. The topological polar surface area (TPSA) is 68.0 Å². The van der Waals surface area contributed by atoms with Crippen LogP contribution in [0.2, 0.25) is 0 Å². The van der Waals surface area contributed by atoms with Crippen LogP contribution in [-0.2, 0) is 11.2 Å². The Morgan fingerprint density at radius 1 is 1.13 bits per heavy atom. The van der Waals surface area contributed by atoms with Gasteiger partial charge in [0.15, 0.2) is 6.04 Å². The number of benzene rings is 2. The molecule has 0 aliphatic heterocycles. The van der Waals surface area contributed by atoms with Gasteiger partial charge < -0.3 is 9.84 Å². The lowest BCUT2D eigenvalue weighted by molar-refractivity contribution is -0.163.